The third-order valence-corrected chi connectivity index (χ3v) is 3.19. The van der Waals surface area contributed by atoms with Crippen LogP contribution in [0.15, 0.2) is 24.3 Å². The Balaban J connectivity index is 2.26. The van der Waals surface area contributed by atoms with Crippen LogP contribution in [0.3, 0.4) is 0 Å². The van der Waals surface area contributed by atoms with Gasteiger partial charge in [-0.25, -0.2) is 0 Å². The Labute approximate surface area is 88.3 Å². The minimum absolute atomic E-state index is 0.0786. The number of rotatable bonds is 2. The van der Waals surface area contributed by atoms with Gasteiger partial charge in [0.1, 0.15) is 0 Å². The van der Waals surface area contributed by atoms with Gasteiger partial charge in [-0.1, -0.05) is 29.8 Å². The van der Waals surface area contributed by atoms with Crippen molar-refractivity contribution in [2.24, 2.45) is 5.92 Å². The van der Waals surface area contributed by atoms with Crippen LogP contribution in [0.5, 0.6) is 0 Å². The summed E-state index contributed by atoms with van der Waals surface area (Å²) in [7, 11) is 0. The molecule has 0 aliphatic carbocycles. The maximum absolute atomic E-state index is 12.7. The average molecular weight is 214 g/mol. The molecule has 2 rings (SSSR count). The zero-order valence-electron chi connectivity index (χ0n) is 7.84. The predicted molar refractivity (Wildman–Crippen MR) is 56.5 cm³/mol. The Morgan fingerprint density at radius 2 is 2.14 bits per heavy atom. The highest BCUT2D eigenvalue weighted by Crippen LogP contribution is 2.32. The number of halogens is 2. The lowest BCUT2D eigenvalue weighted by Gasteiger charge is -2.16. The zero-order chi connectivity index (χ0) is 9.97. The summed E-state index contributed by atoms with van der Waals surface area (Å²) in [4.78, 5) is 0. The molecule has 0 spiro atoms. The molecule has 14 heavy (non-hydrogen) atoms. The maximum atomic E-state index is 12.7. The Morgan fingerprint density at radius 1 is 1.36 bits per heavy atom. The topological polar surface area (TPSA) is 12.0 Å². The molecule has 0 bridgehead atoms. The first-order chi connectivity index (χ1) is 6.83. The lowest BCUT2D eigenvalue weighted by atomic mass is 9.90. The van der Waals surface area contributed by atoms with Crippen molar-refractivity contribution in [2.75, 3.05) is 19.8 Å². The molecule has 3 heteroatoms. The number of hydrogen-bond donors (Lipinski definition) is 1. The summed E-state index contributed by atoms with van der Waals surface area (Å²) in [6.45, 7) is 1.31. The van der Waals surface area contributed by atoms with E-state index in [1.54, 1.807) is 0 Å². The van der Waals surface area contributed by atoms with Gasteiger partial charge in [-0.05, 0) is 11.6 Å². The van der Waals surface area contributed by atoms with E-state index < -0.39 is 0 Å². The van der Waals surface area contributed by atoms with Gasteiger partial charge in [-0.2, -0.15) is 0 Å². The SMILES string of the molecule is FC[C@@H]1CNC[C@@H]1c1ccccc1Cl. The standard InChI is InChI=1S/C11H13ClFN/c12-11-4-2-1-3-9(11)10-7-14-6-8(10)5-13/h1-4,8,10,14H,5-7H2/t8-,10+/m1/s1. The smallest absolute Gasteiger partial charge is 0.0941 e. The molecule has 2 atom stereocenters. The van der Waals surface area contributed by atoms with E-state index in [1.807, 2.05) is 24.3 Å². The van der Waals surface area contributed by atoms with E-state index in [9.17, 15) is 4.39 Å². The second kappa shape index (κ2) is 4.28. The van der Waals surface area contributed by atoms with Crippen LogP contribution in [0.25, 0.3) is 0 Å². The highest BCUT2D eigenvalue weighted by atomic mass is 35.5. The van der Waals surface area contributed by atoms with Crippen LogP contribution in [-0.2, 0) is 0 Å². The molecule has 0 radical (unpaired) electrons. The molecule has 1 heterocycles. The molecule has 1 nitrogen and oxygen atoms in total. The highest BCUT2D eigenvalue weighted by Gasteiger charge is 2.29. The van der Waals surface area contributed by atoms with E-state index in [1.165, 1.54) is 0 Å². The van der Waals surface area contributed by atoms with Crippen molar-refractivity contribution in [1.29, 1.82) is 0 Å². The monoisotopic (exact) mass is 213 g/mol. The van der Waals surface area contributed by atoms with Crippen LogP contribution < -0.4 is 5.32 Å². The molecule has 1 aromatic rings. The summed E-state index contributed by atoms with van der Waals surface area (Å²) in [5.74, 6) is 0.309. The first kappa shape index (κ1) is 9.94. The Hall–Kier alpha value is -0.600. The van der Waals surface area contributed by atoms with Gasteiger partial charge in [0.2, 0.25) is 0 Å². The normalized spacial score (nSPS) is 26.7. The molecule has 0 aromatic heterocycles. The van der Waals surface area contributed by atoms with E-state index >= 15 is 0 Å². The van der Waals surface area contributed by atoms with Gasteiger partial charge < -0.3 is 5.32 Å². The van der Waals surface area contributed by atoms with Gasteiger partial charge in [-0.15, -0.1) is 0 Å². The molecular formula is C11H13ClFN. The summed E-state index contributed by atoms with van der Waals surface area (Å²) >= 11 is 6.08. The van der Waals surface area contributed by atoms with Crippen LogP contribution in [0.1, 0.15) is 11.5 Å². The number of benzene rings is 1. The summed E-state index contributed by atoms with van der Waals surface area (Å²) in [5.41, 5.74) is 1.07. The van der Waals surface area contributed by atoms with Crippen molar-refractivity contribution in [3.05, 3.63) is 34.9 Å². The van der Waals surface area contributed by atoms with Crippen molar-refractivity contribution in [3.8, 4) is 0 Å². The minimum Gasteiger partial charge on any atom is -0.316 e. The van der Waals surface area contributed by atoms with Gasteiger partial charge in [0.25, 0.3) is 0 Å². The quantitative estimate of drug-likeness (QED) is 0.797. The van der Waals surface area contributed by atoms with Crippen molar-refractivity contribution >= 4 is 11.6 Å². The number of nitrogens with one attached hydrogen (secondary N) is 1. The van der Waals surface area contributed by atoms with Crippen LogP contribution in [0.4, 0.5) is 4.39 Å². The Kier molecular flexibility index (Phi) is 3.04. The fourth-order valence-corrected chi connectivity index (χ4v) is 2.31. The highest BCUT2D eigenvalue weighted by molar-refractivity contribution is 6.31. The summed E-state index contributed by atoms with van der Waals surface area (Å²) in [6, 6.07) is 7.71. The van der Waals surface area contributed by atoms with E-state index in [4.69, 9.17) is 11.6 Å². The van der Waals surface area contributed by atoms with E-state index in [0.29, 0.717) is 0 Å². The third-order valence-electron chi connectivity index (χ3n) is 2.84. The predicted octanol–water partition coefficient (Wildman–Crippen LogP) is 2.61. The average Bonchev–Trinajstić information content (AvgIpc) is 2.66. The fourth-order valence-electron chi connectivity index (χ4n) is 2.03. The summed E-state index contributed by atoms with van der Waals surface area (Å²) in [6.07, 6.45) is 0. The Morgan fingerprint density at radius 3 is 2.86 bits per heavy atom. The first-order valence-electron chi connectivity index (χ1n) is 4.84. The lowest BCUT2D eigenvalue weighted by molar-refractivity contribution is 0.358. The minimum atomic E-state index is -0.275. The molecule has 1 aromatic carbocycles. The van der Waals surface area contributed by atoms with Crippen molar-refractivity contribution in [1.82, 2.24) is 5.32 Å². The van der Waals surface area contributed by atoms with Crippen molar-refractivity contribution in [3.63, 3.8) is 0 Å². The lowest BCUT2D eigenvalue weighted by Crippen LogP contribution is -2.12. The van der Waals surface area contributed by atoms with Crippen molar-refractivity contribution in [2.45, 2.75) is 5.92 Å². The van der Waals surface area contributed by atoms with Gasteiger partial charge in [0.15, 0.2) is 0 Å². The van der Waals surface area contributed by atoms with Crippen LogP contribution in [-0.4, -0.2) is 19.8 Å². The molecular weight excluding hydrogens is 201 g/mol. The first-order valence-corrected chi connectivity index (χ1v) is 5.22. The fraction of sp³-hybridized carbons (Fsp3) is 0.455. The number of alkyl halides is 1. The molecule has 1 fully saturated rings. The van der Waals surface area contributed by atoms with E-state index in [0.717, 1.165) is 23.7 Å². The molecule has 1 aliphatic heterocycles. The molecule has 0 saturated carbocycles. The van der Waals surface area contributed by atoms with Gasteiger partial charge in [0, 0.05) is 29.9 Å². The molecule has 1 N–H and O–H groups in total. The molecule has 1 aliphatic rings. The summed E-state index contributed by atoms with van der Waals surface area (Å²) < 4.78 is 12.7. The van der Waals surface area contributed by atoms with Gasteiger partial charge in [-0.3, -0.25) is 4.39 Å². The third kappa shape index (κ3) is 1.77. The maximum Gasteiger partial charge on any atom is 0.0941 e. The van der Waals surface area contributed by atoms with Gasteiger partial charge in [0.05, 0.1) is 6.67 Å². The van der Waals surface area contributed by atoms with E-state index in [-0.39, 0.29) is 18.5 Å². The van der Waals surface area contributed by atoms with Gasteiger partial charge >= 0.3 is 0 Å². The van der Waals surface area contributed by atoms with Crippen molar-refractivity contribution < 1.29 is 4.39 Å². The molecule has 1 saturated heterocycles. The van der Waals surface area contributed by atoms with Crippen LogP contribution in [0, 0.1) is 5.92 Å². The largest absolute Gasteiger partial charge is 0.316 e. The Bertz CT molecular complexity index is 316. The molecule has 76 valence electrons. The second-order valence-electron chi connectivity index (χ2n) is 3.70. The molecule has 0 amide bonds. The van der Waals surface area contributed by atoms with E-state index in [2.05, 4.69) is 5.32 Å². The summed E-state index contributed by atoms with van der Waals surface area (Å²) in [5, 5.41) is 3.95. The van der Waals surface area contributed by atoms with Crippen LogP contribution in [0.2, 0.25) is 5.02 Å². The second-order valence-corrected chi connectivity index (χ2v) is 4.11. The molecule has 0 unspecified atom stereocenters. The van der Waals surface area contributed by atoms with Crippen LogP contribution >= 0.6 is 11.6 Å². The zero-order valence-corrected chi connectivity index (χ0v) is 8.60. The number of hydrogen-bond acceptors (Lipinski definition) is 1.